The molecule has 1 N–H and O–H groups in total. The molecule has 0 aliphatic rings. The average Bonchev–Trinajstić information content (AvgIpc) is 3.47. The van der Waals surface area contributed by atoms with Gasteiger partial charge in [-0.25, -0.2) is 19.6 Å². The number of aromatic nitrogens is 7. The Balaban J connectivity index is 1.56. The third-order valence-electron chi connectivity index (χ3n) is 6.17. The summed E-state index contributed by atoms with van der Waals surface area (Å²) in [6.07, 6.45) is 6.19. The van der Waals surface area contributed by atoms with Gasteiger partial charge in [-0.15, -0.1) is 0 Å². The molecule has 0 unspecified atom stereocenters. The third-order valence-corrected chi connectivity index (χ3v) is 6.17. The maximum atomic E-state index is 13.2. The summed E-state index contributed by atoms with van der Waals surface area (Å²) in [5, 5.41) is 14.7. The maximum Gasteiger partial charge on any atom is 0.387 e. The zero-order chi connectivity index (χ0) is 27.0. The zero-order valence-corrected chi connectivity index (χ0v) is 20.9. The van der Waals surface area contributed by atoms with Crippen LogP contribution in [0.15, 0.2) is 66.2 Å². The number of alkyl halides is 2. The highest BCUT2D eigenvalue weighted by Crippen LogP contribution is 2.27. The SMILES string of the molecule is Cn1c(=O)c2ccc(-c3cnc(C(C)(C)O)nc3)cc2n1Cc1cc(Cn2cncn2)ccc1OC(F)F. The van der Waals surface area contributed by atoms with E-state index in [0.717, 1.165) is 11.1 Å². The van der Waals surface area contributed by atoms with Gasteiger partial charge in [0.05, 0.1) is 24.0 Å². The molecule has 2 aromatic carbocycles. The second kappa shape index (κ2) is 9.78. The second-order valence-electron chi connectivity index (χ2n) is 9.39. The van der Waals surface area contributed by atoms with Crippen molar-refractivity contribution in [1.29, 1.82) is 0 Å². The van der Waals surface area contributed by atoms with Crippen molar-refractivity contribution in [3.05, 3.63) is 88.8 Å². The Hall–Kier alpha value is -4.45. The lowest BCUT2D eigenvalue weighted by Crippen LogP contribution is -2.20. The molecule has 0 saturated heterocycles. The van der Waals surface area contributed by atoms with Crippen molar-refractivity contribution in [2.24, 2.45) is 7.05 Å². The molecule has 0 aliphatic carbocycles. The van der Waals surface area contributed by atoms with E-state index in [9.17, 15) is 18.7 Å². The number of nitrogens with zero attached hydrogens (tertiary/aromatic N) is 7. The number of ether oxygens (including phenoxy) is 1. The molecule has 5 rings (SSSR count). The lowest BCUT2D eigenvalue weighted by atomic mass is 10.1. The minimum atomic E-state index is -3.00. The lowest BCUT2D eigenvalue weighted by molar-refractivity contribution is -0.0505. The molecule has 0 aliphatic heterocycles. The molecule has 10 nitrogen and oxygen atoms in total. The van der Waals surface area contributed by atoms with Crippen LogP contribution >= 0.6 is 0 Å². The van der Waals surface area contributed by atoms with Gasteiger partial charge >= 0.3 is 6.61 Å². The molecule has 0 amide bonds. The van der Waals surface area contributed by atoms with Crippen LogP contribution < -0.4 is 10.3 Å². The highest BCUT2D eigenvalue weighted by Gasteiger charge is 2.20. The number of aliphatic hydroxyl groups is 1. The van der Waals surface area contributed by atoms with Crippen LogP contribution in [-0.2, 0) is 25.7 Å². The monoisotopic (exact) mass is 521 g/mol. The van der Waals surface area contributed by atoms with Crippen molar-refractivity contribution in [2.75, 3.05) is 0 Å². The van der Waals surface area contributed by atoms with Gasteiger partial charge in [-0.1, -0.05) is 12.1 Å². The molecule has 38 heavy (non-hydrogen) atoms. The smallest absolute Gasteiger partial charge is 0.387 e. The topological polar surface area (TPSA) is 113 Å². The summed E-state index contributed by atoms with van der Waals surface area (Å²) in [6.45, 7) is 0.685. The van der Waals surface area contributed by atoms with Gasteiger partial charge in [-0.2, -0.15) is 13.9 Å². The second-order valence-corrected chi connectivity index (χ2v) is 9.39. The van der Waals surface area contributed by atoms with Crippen molar-refractivity contribution in [1.82, 2.24) is 34.1 Å². The van der Waals surface area contributed by atoms with E-state index >= 15 is 0 Å². The molecular weight excluding hydrogens is 496 g/mol. The molecule has 0 spiro atoms. The summed E-state index contributed by atoms with van der Waals surface area (Å²) >= 11 is 0. The summed E-state index contributed by atoms with van der Waals surface area (Å²) in [5.74, 6) is 0.305. The molecule has 0 fully saturated rings. The van der Waals surface area contributed by atoms with Gasteiger partial charge in [-0.05, 0) is 49.2 Å². The van der Waals surface area contributed by atoms with Crippen molar-refractivity contribution in [3.63, 3.8) is 0 Å². The van der Waals surface area contributed by atoms with Crippen LogP contribution in [0.5, 0.6) is 5.75 Å². The van der Waals surface area contributed by atoms with E-state index in [0.29, 0.717) is 28.6 Å². The first-order valence-electron chi connectivity index (χ1n) is 11.7. The Morgan fingerprint density at radius 3 is 2.47 bits per heavy atom. The Kier molecular flexibility index (Phi) is 6.49. The Labute approximate surface area is 215 Å². The Bertz CT molecular complexity index is 1640. The van der Waals surface area contributed by atoms with Gasteiger partial charge in [0.1, 0.15) is 24.0 Å². The molecule has 3 heterocycles. The number of benzene rings is 2. The molecule has 5 aromatic rings. The molecule has 0 saturated carbocycles. The molecular formula is C26H25F2N7O3. The number of rotatable bonds is 8. The van der Waals surface area contributed by atoms with Gasteiger partial charge in [0.15, 0.2) is 5.82 Å². The summed E-state index contributed by atoms with van der Waals surface area (Å²) < 4.78 is 35.9. The highest BCUT2D eigenvalue weighted by molar-refractivity contribution is 5.84. The largest absolute Gasteiger partial charge is 0.434 e. The predicted molar refractivity (Wildman–Crippen MR) is 135 cm³/mol. The molecule has 0 bridgehead atoms. The van der Waals surface area contributed by atoms with Crippen molar-refractivity contribution in [2.45, 2.75) is 39.1 Å². The first-order valence-corrected chi connectivity index (χ1v) is 11.7. The summed E-state index contributed by atoms with van der Waals surface area (Å²) in [7, 11) is 1.62. The molecule has 196 valence electrons. The van der Waals surface area contributed by atoms with E-state index in [2.05, 4.69) is 20.1 Å². The van der Waals surface area contributed by atoms with Crippen molar-refractivity contribution in [3.8, 4) is 16.9 Å². The number of hydrogen-bond donors (Lipinski definition) is 1. The van der Waals surface area contributed by atoms with Crippen LogP contribution in [-0.4, -0.2) is 45.8 Å². The lowest BCUT2D eigenvalue weighted by Gasteiger charge is -2.16. The van der Waals surface area contributed by atoms with Gasteiger partial charge in [0.25, 0.3) is 5.56 Å². The van der Waals surface area contributed by atoms with E-state index in [1.807, 2.05) is 6.07 Å². The van der Waals surface area contributed by atoms with Gasteiger partial charge in [0.2, 0.25) is 0 Å². The summed E-state index contributed by atoms with van der Waals surface area (Å²) in [4.78, 5) is 25.5. The minimum absolute atomic E-state index is 0.0170. The Morgan fingerprint density at radius 1 is 1.05 bits per heavy atom. The third kappa shape index (κ3) is 5.02. The van der Waals surface area contributed by atoms with Gasteiger partial charge in [0, 0.05) is 30.6 Å². The maximum absolute atomic E-state index is 13.2. The standard InChI is InChI=1S/C26H25F2N7O3/c1-26(2,37)24-30-10-19(11-31-24)17-5-6-20-21(9-17)35(33(3)23(20)36)13-18-8-16(12-34-15-29-14-32-34)4-7-22(18)38-25(27)28/h4-11,14-15,25,37H,12-13H2,1-3H3. The fourth-order valence-corrected chi connectivity index (χ4v) is 4.26. The van der Waals surface area contributed by atoms with E-state index in [1.165, 1.54) is 17.1 Å². The van der Waals surface area contributed by atoms with Crippen molar-refractivity contribution < 1.29 is 18.6 Å². The van der Waals surface area contributed by atoms with E-state index in [4.69, 9.17) is 4.74 Å². The van der Waals surface area contributed by atoms with Crippen LogP contribution in [0.1, 0.15) is 30.8 Å². The average molecular weight is 522 g/mol. The van der Waals surface area contributed by atoms with Crippen LogP contribution in [0.25, 0.3) is 22.0 Å². The fraction of sp³-hybridized carbons (Fsp3) is 0.269. The van der Waals surface area contributed by atoms with Crippen LogP contribution in [0.3, 0.4) is 0 Å². The van der Waals surface area contributed by atoms with Crippen LogP contribution in [0.2, 0.25) is 0 Å². The van der Waals surface area contributed by atoms with Gasteiger partial charge in [-0.3, -0.25) is 14.2 Å². The molecule has 0 atom stereocenters. The molecule has 12 heteroatoms. The highest BCUT2D eigenvalue weighted by atomic mass is 19.3. The van der Waals surface area contributed by atoms with E-state index < -0.39 is 12.2 Å². The first kappa shape index (κ1) is 25.2. The fourth-order valence-electron chi connectivity index (χ4n) is 4.26. The van der Waals surface area contributed by atoms with E-state index in [-0.39, 0.29) is 23.7 Å². The van der Waals surface area contributed by atoms with E-state index in [1.54, 1.807) is 73.2 Å². The van der Waals surface area contributed by atoms with Crippen LogP contribution in [0, 0.1) is 0 Å². The van der Waals surface area contributed by atoms with Crippen molar-refractivity contribution >= 4 is 10.9 Å². The number of fused-ring (bicyclic) bond motifs is 1. The summed E-state index contributed by atoms with van der Waals surface area (Å²) in [5.41, 5.74) is 1.92. The molecule has 0 radical (unpaired) electrons. The number of halogens is 2. The minimum Gasteiger partial charge on any atom is -0.434 e. The quantitative estimate of drug-likeness (QED) is 0.333. The first-order chi connectivity index (χ1) is 18.1. The predicted octanol–water partition coefficient (Wildman–Crippen LogP) is 3.31. The molecule has 3 aromatic heterocycles. The normalized spacial score (nSPS) is 12.0. The van der Waals surface area contributed by atoms with Crippen LogP contribution in [0.4, 0.5) is 8.78 Å². The Morgan fingerprint density at radius 2 is 1.82 bits per heavy atom. The zero-order valence-electron chi connectivity index (χ0n) is 20.9. The number of hydrogen-bond acceptors (Lipinski definition) is 7. The van der Waals surface area contributed by atoms with Gasteiger partial charge < -0.3 is 9.84 Å². The summed E-state index contributed by atoms with van der Waals surface area (Å²) in [6, 6.07) is 10.3.